The molecule has 20 heavy (non-hydrogen) atoms. The second-order valence-electron chi connectivity index (χ2n) is 5.61. The number of benzene rings is 1. The molecule has 1 saturated carbocycles. The molecular weight excluding hydrogens is 272 g/mol. The van der Waals surface area contributed by atoms with E-state index in [1.807, 2.05) is 29.2 Å². The second kappa shape index (κ2) is 4.28. The van der Waals surface area contributed by atoms with Gasteiger partial charge >= 0.3 is 6.03 Å². The number of carbonyl (C=O) groups is 1. The number of aromatic nitrogens is 2. The van der Waals surface area contributed by atoms with Crippen LogP contribution >= 0.6 is 11.3 Å². The normalized spacial score (nSPS) is 18.7. The van der Waals surface area contributed by atoms with Gasteiger partial charge in [-0.15, -0.1) is 10.2 Å². The Kier molecular flexibility index (Phi) is 2.53. The number of nitrogens with one attached hydrogen (secondary N) is 1. The molecule has 1 aliphatic heterocycles. The zero-order valence-corrected chi connectivity index (χ0v) is 11.7. The largest absolute Gasteiger partial charge is 0.323 e. The van der Waals surface area contributed by atoms with Crippen LogP contribution in [0.1, 0.15) is 12.8 Å². The fourth-order valence-corrected chi connectivity index (χ4v) is 3.16. The zero-order valence-electron chi connectivity index (χ0n) is 10.9. The average Bonchev–Trinajstić information content (AvgIpc) is 3.05. The lowest BCUT2D eigenvalue weighted by atomic mass is 9.98. The third-order valence-electron chi connectivity index (χ3n) is 4.04. The summed E-state index contributed by atoms with van der Waals surface area (Å²) in [6, 6.07) is 7.72. The molecule has 0 radical (unpaired) electrons. The maximum atomic E-state index is 12.0. The van der Waals surface area contributed by atoms with Crippen molar-refractivity contribution in [3.63, 3.8) is 0 Å². The summed E-state index contributed by atoms with van der Waals surface area (Å²) in [5.74, 6) is 0. The van der Waals surface area contributed by atoms with Gasteiger partial charge in [0, 0.05) is 29.8 Å². The van der Waals surface area contributed by atoms with Crippen LogP contribution in [0.15, 0.2) is 29.8 Å². The molecule has 0 atom stereocenters. The van der Waals surface area contributed by atoms with Gasteiger partial charge in [0.05, 0.1) is 0 Å². The van der Waals surface area contributed by atoms with Gasteiger partial charge in [-0.1, -0.05) is 11.3 Å². The smallest absolute Gasteiger partial charge is 0.321 e. The molecule has 0 bridgehead atoms. The molecule has 6 heteroatoms. The minimum Gasteiger partial charge on any atom is -0.323 e. The third kappa shape index (κ3) is 2.06. The SMILES string of the molecule is O=C(Nc1ccc(-c2nncs2)cc1)N1CC2(CC2)C1. The van der Waals surface area contributed by atoms with Crippen molar-refractivity contribution in [1.82, 2.24) is 15.1 Å². The summed E-state index contributed by atoms with van der Waals surface area (Å²) in [6.07, 6.45) is 2.57. The molecule has 0 unspecified atom stereocenters. The molecule has 5 nitrogen and oxygen atoms in total. The Labute approximate surface area is 120 Å². The van der Waals surface area contributed by atoms with Crippen LogP contribution in [0.3, 0.4) is 0 Å². The monoisotopic (exact) mass is 286 g/mol. The maximum Gasteiger partial charge on any atom is 0.321 e. The van der Waals surface area contributed by atoms with Crippen LogP contribution in [0.25, 0.3) is 10.6 Å². The Hall–Kier alpha value is -1.95. The van der Waals surface area contributed by atoms with E-state index in [-0.39, 0.29) is 6.03 Å². The quantitative estimate of drug-likeness (QED) is 0.923. The molecule has 1 saturated heterocycles. The maximum absolute atomic E-state index is 12.0. The molecule has 102 valence electrons. The fraction of sp³-hybridized carbons (Fsp3) is 0.357. The molecule has 1 aromatic carbocycles. The summed E-state index contributed by atoms with van der Waals surface area (Å²) in [5.41, 5.74) is 4.05. The van der Waals surface area contributed by atoms with E-state index in [2.05, 4.69) is 15.5 Å². The first-order chi connectivity index (χ1) is 9.74. The minimum absolute atomic E-state index is 0.00573. The number of urea groups is 1. The number of carbonyl (C=O) groups excluding carboxylic acids is 1. The van der Waals surface area contributed by atoms with Crippen molar-refractivity contribution >= 4 is 23.1 Å². The molecule has 1 spiro atoms. The van der Waals surface area contributed by atoms with Crippen LogP contribution in [0.2, 0.25) is 0 Å². The van der Waals surface area contributed by atoms with Gasteiger partial charge in [0.25, 0.3) is 0 Å². The van der Waals surface area contributed by atoms with Crippen LogP contribution in [0, 0.1) is 5.41 Å². The van der Waals surface area contributed by atoms with E-state index < -0.39 is 0 Å². The summed E-state index contributed by atoms with van der Waals surface area (Å²) < 4.78 is 0. The Morgan fingerprint density at radius 1 is 1.25 bits per heavy atom. The highest BCUT2D eigenvalue weighted by molar-refractivity contribution is 7.12. The molecule has 2 amide bonds. The lowest BCUT2D eigenvalue weighted by Crippen LogP contribution is -2.53. The number of hydrogen-bond donors (Lipinski definition) is 1. The highest BCUT2D eigenvalue weighted by Crippen LogP contribution is 2.52. The van der Waals surface area contributed by atoms with Gasteiger partial charge in [0.15, 0.2) is 0 Å². The predicted molar refractivity (Wildman–Crippen MR) is 77.6 cm³/mol. The highest BCUT2D eigenvalue weighted by Gasteiger charge is 2.53. The first kappa shape index (κ1) is 11.8. The van der Waals surface area contributed by atoms with Gasteiger partial charge < -0.3 is 10.2 Å². The van der Waals surface area contributed by atoms with Crippen molar-refractivity contribution in [1.29, 1.82) is 0 Å². The topological polar surface area (TPSA) is 58.1 Å². The summed E-state index contributed by atoms with van der Waals surface area (Å²) in [7, 11) is 0. The number of hydrogen-bond acceptors (Lipinski definition) is 4. The summed E-state index contributed by atoms with van der Waals surface area (Å²) in [5, 5.41) is 11.7. The standard InChI is InChI=1S/C14H14N4OS/c19-13(18-7-14(8-18)5-6-14)16-11-3-1-10(2-4-11)12-17-15-9-20-12/h1-4,9H,5-8H2,(H,16,19). The number of likely N-dealkylation sites (tertiary alicyclic amines) is 1. The fourth-order valence-electron chi connectivity index (χ4n) is 2.60. The van der Waals surface area contributed by atoms with Crippen LogP contribution in [-0.2, 0) is 0 Å². The Bertz CT molecular complexity index is 626. The Morgan fingerprint density at radius 3 is 2.60 bits per heavy atom. The Balaban J connectivity index is 1.40. The molecule has 2 aliphatic rings. The van der Waals surface area contributed by atoms with Crippen molar-refractivity contribution in [3.05, 3.63) is 29.8 Å². The first-order valence-electron chi connectivity index (χ1n) is 6.67. The van der Waals surface area contributed by atoms with Gasteiger partial charge in [0.2, 0.25) is 0 Å². The highest BCUT2D eigenvalue weighted by atomic mass is 32.1. The number of amides is 2. The van der Waals surface area contributed by atoms with Crippen LogP contribution in [0.4, 0.5) is 10.5 Å². The van der Waals surface area contributed by atoms with Gasteiger partial charge in [-0.3, -0.25) is 0 Å². The van der Waals surface area contributed by atoms with Crippen molar-refractivity contribution in [2.45, 2.75) is 12.8 Å². The average molecular weight is 286 g/mol. The lowest BCUT2D eigenvalue weighted by molar-refractivity contribution is 0.116. The molecule has 2 fully saturated rings. The van der Waals surface area contributed by atoms with E-state index in [4.69, 9.17) is 0 Å². The molecule has 4 rings (SSSR count). The summed E-state index contributed by atoms with van der Waals surface area (Å²) in [4.78, 5) is 13.9. The molecular formula is C14H14N4OS. The van der Waals surface area contributed by atoms with Crippen molar-refractivity contribution < 1.29 is 4.79 Å². The first-order valence-corrected chi connectivity index (χ1v) is 7.55. The van der Waals surface area contributed by atoms with E-state index in [9.17, 15) is 4.79 Å². The van der Waals surface area contributed by atoms with Gasteiger partial charge in [-0.25, -0.2) is 4.79 Å². The van der Waals surface area contributed by atoms with Gasteiger partial charge in [-0.05, 0) is 37.1 Å². The van der Waals surface area contributed by atoms with Crippen LogP contribution in [-0.4, -0.2) is 34.2 Å². The summed E-state index contributed by atoms with van der Waals surface area (Å²) >= 11 is 1.50. The number of rotatable bonds is 2. The van der Waals surface area contributed by atoms with Gasteiger partial charge in [0.1, 0.15) is 10.5 Å². The molecule has 2 heterocycles. The van der Waals surface area contributed by atoms with Crippen molar-refractivity contribution in [2.75, 3.05) is 18.4 Å². The zero-order chi connectivity index (χ0) is 13.6. The second-order valence-corrected chi connectivity index (χ2v) is 6.44. The van der Waals surface area contributed by atoms with E-state index in [0.717, 1.165) is 29.3 Å². The van der Waals surface area contributed by atoms with Gasteiger partial charge in [-0.2, -0.15) is 0 Å². The molecule has 1 N–H and O–H groups in total. The molecule has 1 aliphatic carbocycles. The minimum atomic E-state index is 0.00573. The van der Waals surface area contributed by atoms with E-state index in [0.29, 0.717) is 5.41 Å². The number of nitrogens with zero attached hydrogens (tertiary/aromatic N) is 3. The van der Waals surface area contributed by atoms with Crippen molar-refractivity contribution in [2.24, 2.45) is 5.41 Å². The third-order valence-corrected chi connectivity index (χ3v) is 4.78. The number of anilines is 1. The van der Waals surface area contributed by atoms with E-state index in [1.54, 1.807) is 5.51 Å². The lowest BCUT2D eigenvalue weighted by Gasteiger charge is -2.39. The summed E-state index contributed by atoms with van der Waals surface area (Å²) in [6.45, 7) is 1.84. The van der Waals surface area contributed by atoms with E-state index >= 15 is 0 Å². The van der Waals surface area contributed by atoms with E-state index in [1.165, 1.54) is 24.2 Å². The molecule has 2 aromatic rings. The van der Waals surface area contributed by atoms with Crippen LogP contribution in [0.5, 0.6) is 0 Å². The predicted octanol–water partition coefficient (Wildman–Crippen LogP) is 2.83. The van der Waals surface area contributed by atoms with Crippen molar-refractivity contribution in [3.8, 4) is 10.6 Å². The van der Waals surface area contributed by atoms with Crippen LogP contribution < -0.4 is 5.32 Å². The Morgan fingerprint density at radius 2 is 2.00 bits per heavy atom. The molecule has 1 aromatic heterocycles.